The van der Waals surface area contributed by atoms with Crippen LogP contribution in [0.3, 0.4) is 0 Å². The molecule has 0 aliphatic rings. The minimum absolute atomic E-state index is 0.0470. The smallest absolute Gasteiger partial charge is 0.191 e. The summed E-state index contributed by atoms with van der Waals surface area (Å²) in [6.07, 6.45) is 2.78. The summed E-state index contributed by atoms with van der Waals surface area (Å²) in [5, 5.41) is 9.88. The van der Waals surface area contributed by atoms with Crippen molar-refractivity contribution in [3.8, 4) is 5.75 Å². The number of thioether (sulfide) groups is 1. The molecule has 0 saturated carbocycles. The molecule has 0 fully saturated rings. The van der Waals surface area contributed by atoms with Gasteiger partial charge in [0.1, 0.15) is 11.6 Å². The first-order valence-electron chi connectivity index (χ1n) is 8.99. The average Bonchev–Trinajstić information content (AvgIpc) is 3.07. The molecule has 7 heteroatoms. The summed E-state index contributed by atoms with van der Waals surface area (Å²) in [4.78, 5) is 12.3. The number of rotatable bonds is 9. The van der Waals surface area contributed by atoms with Gasteiger partial charge in [0, 0.05) is 24.1 Å². The van der Waals surface area contributed by atoms with E-state index in [-0.39, 0.29) is 5.78 Å². The average molecular weight is 416 g/mol. The topological polar surface area (TPSA) is 57.0 Å². The molecule has 146 valence electrons. The molecule has 0 bridgehead atoms. The molecule has 0 radical (unpaired) electrons. The van der Waals surface area contributed by atoms with Gasteiger partial charge in [-0.05, 0) is 54.8 Å². The number of hydrogen-bond donors (Lipinski definition) is 0. The predicted molar refractivity (Wildman–Crippen MR) is 113 cm³/mol. The number of carbonyl (C=O) groups excluding carboxylic acids is 1. The van der Waals surface area contributed by atoms with Crippen LogP contribution in [0, 0.1) is 0 Å². The monoisotopic (exact) mass is 415 g/mol. The summed E-state index contributed by atoms with van der Waals surface area (Å²) in [6.45, 7) is 0. The number of hydrogen-bond acceptors (Lipinski definition) is 5. The lowest BCUT2D eigenvalue weighted by Crippen LogP contribution is -2.04. The van der Waals surface area contributed by atoms with Crippen molar-refractivity contribution in [3.63, 3.8) is 0 Å². The molecule has 1 aromatic heterocycles. The lowest BCUT2D eigenvalue weighted by Gasteiger charge is -2.05. The summed E-state index contributed by atoms with van der Waals surface area (Å²) in [7, 11) is 3.61. The van der Waals surface area contributed by atoms with Gasteiger partial charge in [0.15, 0.2) is 10.9 Å². The van der Waals surface area contributed by atoms with E-state index in [2.05, 4.69) is 22.3 Å². The second-order valence-electron chi connectivity index (χ2n) is 6.38. The second-order valence-corrected chi connectivity index (χ2v) is 7.76. The highest BCUT2D eigenvalue weighted by atomic mass is 35.5. The fourth-order valence-corrected chi connectivity index (χ4v) is 3.73. The van der Waals surface area contributed by atoms with Crippen LogP contribution in [-0.2, 0) is 19.9 Å². The number of nitrogens with zero attached hydrogens (tertiary/aromatic N) is 3. The third-order valence-electron chi connectivity index (χ3n) is 4.45. The summed E-state index contributed by atoms with van der Waals surface area (Å²) in [5.41, 5.74) is 1.92. The van der Waals surface area contributed by atoms with Crippen molar-refractivity contribution in [2.75, 3.05) is 12.9 Å². The normalized spacial score (nSPS) is 10.8. The zero-order chi connectivity index (χ0) is 19.9. The Bertz CT molecular complexity index is 924. The summed E-state index contributed by atoms with van der Waals surface area (Å²) >= 11 is 7.27. The summed E-state index contributed by atoms with van der Waals surface area (Å²) in [5.74, 6) is 2.16. The lowest BCUT2D eigenvalue weighted by molar-refractivity contribution is 0.102. The minimum atomic E-state index is 0.0470. The van der Waals surface area contributed by atoms with Crippen LogP contribution in [0.5, 0.6) is 5.75 Å². The number of methoxy groups -OCH3 is 1. The molecule has 0 aliphatic carbocycles. The molecule has 0 spiro atoms. The van der Waals surface area contributed by atoms with Crippen molar-refractivity contribution in [2.45, 2.75) is 24.4 Å². The Labute approximate surface area is 174 Å². The van der Waals surface area contributed by atoms with Crippen LogP contribution in [-0.4, -0.2) is 33.4 Å². The van der Waals surface area contributed by atoms with Crippen LogP contribution < -0.4 is 4.74 Å². The number of benzene rings is 2. The molecule has 0 amide bonds. The molecular weight excluding hydrogens is 394 g/mol. The molecule has 2 aromatic carbocycles. The van der Waals surface area contributed by atoms with E-state index in [9.17, 15) is 4.79 Å². The molecule has 0 atom stereocenters. The van der Waals surface area contributed by atoms with Gasteiger partial charge in [0.2, 0.25) is 0 Å². The predicted octanol–water partition coefficient (Wildman–Crippen LogP) is 4.63. The van der Waals surface area contributed by atoms with E-state index in [0.29, 0.717) is 16.3 Å². The van der Waals surface area contributed by atoms with Crippen LogP contribution in [0.4, 0.5) is 0 Å². The molecule has 3 rings (SSSR count). The molecule has 1 heterocycles. The van der Waals surface area contributed by atoms with Gasteiger partial charge in [-0.25, -0.2) is 0 Å². The second kappa shape index (κ2) is 9.75. The first kappa shape index (κ1) is 20.4. The lowest BCUT2D eigenvalue weighted by atomic mass is 10.1. The maximum Gasteiger partial charge on any atom is 0.191 e. The molecule has 0 aliphatic heterocycles. The van der Waals surface area contributed by atoms with Crippen molar-refractivity contribution in [2.24, 2.45) is 7.05 Å². The number of halogens is 1. The Morgan fingerprint density at radius 1 is 1.07 bits per heavy atom. The summed E-state index contributed by atoms with van der Waals surface area (Å²) < 4.78 is 7.15. The van der Waals surface area contributed by atoms with Gasteiger partial charge in [-0.1, -0.05) is 35.5 Å². The maximum atomic E-state index is 12.3. The Kier molecular flexibility index (Phi) is 7.12. The van der Waals surface area contributed by atoms with Crippen LogP contribution in [0.2, 0.25) is 5.02 Å². The number of carbonyl (C=O) groups is 1. The fraction of sp³-hybridized carbons (Fsp3) is 0.286. The van der Waals surface area contributed by atoms with Crippen LogP contribution in [0.1, 0.15) is 28.2 Å². The van der Waals surface area contributed by atoms with Gasteiger partial charge < -0.3 is 9.30 Å². The molecule has 0 unspecified atom stereocenters. The van der Waals surface area contributed by atoms with Crippen LogP contribution in [0.15, 0.2) is 53.7 Å². The SMILES string of the molecule is COc1ccc(CCCc2nnc(SCC(=O)c3ccc(Cl)cc3)n2C)cc1. The molecule has 0 saturated heterocycles. The number of aryl methyl sites for hydroxylation is 2. The standard InChI is InChI=1S/C21H22ClN3O2S/c1-25-20(5-3-4-15-6-12-18(27-2)13-7-15)23-24-21(25)28-14-19(26)16-8-10-17(22)11-9-16/h6-13H,3-5,14H2,1-2H3. The molecule has 5 nitrogen and oxygen atoms in total. The fourth-order valence-electron chi connectivity index (χ4n) is 2.78. The number of aromatic nitrogens is 3. The van der Waals surface area contributed by atoms with Crippen molar-refractivity contribution >= 4 is 29.1 Å². The third-order valence-corrected chi connectivity index (χ3v) is 5.72. The highest BCUT2D eigenvalue weighted by Crippen LogP contribution is 2.19. The van der Waals surface area contributed by atoms with E-state index in [1.807, 2.05) is 23.7 Å². The Morgan fingerprint density at radius 2 is 1.79 bits per heavy atom. The van der Waals surface area contributed by atoms with Gasteiger partial charge >= 0.3 is 0 Å². The highest BCUT2D eigenvalue weighted by Gasteiger charge is 2.12. The molecular formula is C21H22ClN3O2S. The summed E-state index contributed by atoms with van der Waals surface area (Å²) in [6, 6.07) is 15.1. The van der Waals surface area contributed by atoms with Gasteiger partial charge in [-0.15, -0.1) is 10.2 Å². The largest absolute Gasteiger partial charge is 0.497 e. The van der Waals surface area contributed by atoms with Crippen molar-refractivity contribution < 1.29 is 9.53 Å². The Morgan fingerprint density at radius 3 is 2.46 bits per heavy atom. The van der Waals surface area contributed by atoms with E-state index in [1.165, 1.54) is 17.3 Å². The quantitative estimate of drug-likeness (QED) is 0.376. The van der Waals surface area contributed by atoms with Gasteiger partial charge in [0.25, 0.3) is 0 Å². The Hall–Kier alpha value is -2.31. The van der Waals surface area contributed by atoms with Crippen molar-refractivity contribution in [3.05, 3.63) is 70.5 Å². The number of ketones is 1. The van der Waals surface area contributed by atoms with E-state index in [0.717, 1.165) is 36.0 Å². The molecule has 0 N–H and O–H groups in total. The third kappa shape index (κ3) is 5.36. The van der Waals surface area contributed by atoms with Gasteiger partial charge in [0.05, 0.1) is 12.9 Å². The Balaban J connectivity index is 1.50. The zero-order valence-corrected chi connectivity index (χ0v) is 17.5. The molecule has 28 heavy (non-hydrogen) atoms. The molecule has 3 aromatic rings. The minimum Gasteiger partial charge on any atom is -0.497 e. The van der Waals surface area contributed by atoms with E-state index in [1.54, 1.807) is 31.4 Å². The van der Waals surface area contributed by atoms with Gasteiger partial charge in [-0.2, -0.15) is 0 Å². The van der Waals surface area contributed by atoms with E-state index >= 15 is 0 Å². The first-order chi connectivity index (χ1) is 13.6. The van der Waals surface area contributed by atoms with E-state index in [4.69, 9.17) is 16.3 Å². The zero-order valence-electron chi connectivity index (χ0n) is 15.9. The van der Waals surface area contributed by atoms with Gasteiger partial charge in [-0.3, -0.25) is 4.79 Å². The maximum absolute atomic E-state index is 12.3. The first-order valence-corrected chi connectivity index (χ1v) is 10.4. The highest BCUT2D eigenvalue weighted by molar-refractivity contribution is 7.99. The number of ether oxygens (including phenoxy) is 1. The van der Waals surface area contributed by atoms with Crippen LogP contribution in [0.25, 0.3) is 0 Å². The van der Waals surface area contributed by atoms with E-state index < -0.39 is 0 Å². The number of Topliss-reactive ketones (excluding diaryl/α,β-unsaturated/α-hetero) is 1. The van der Waals surface area contributed by atoms with Crippen molar-refractivity contribution in [1.82, 2.24) is 14.8 Å². The van der Waals surface area contributed by atoms with Crippen LogP contribution >= 0.6 is 23.4 Å². The van der Waals surface area contributed by atoms with Crippen molar-refractivity contribution in [1.29, 1.82) is 0 Å².